The Labute approximate surface area is 127 Å². The van der Waals surface area contributed by atoms with Gasteiger partial charge in [0.25, 0.3) is 0 Å². The topological polar surface area (TPSA) is 77.8 Å². The number of aromatic nitrogens is 1. The first-order valence-electron chi connectivity index (χ1n) is 6.28. The number of halogens is 1. The molecule has 1 heterocycles. The lowest BCUT2D eigenvalue weighted by atomic mass is 10.2. The number of hydrogen-bond donors (Lipinski definition) is 2. The molecule has 0 aliphatic heterocycles. The van der Waals surface area contributed by atoms with Crippen LogP contribution in [0.2, 0.25) is 5.02 Å². The number of anilines is 1. The molecule has 0 spiro atoms. The van der Waals surface area contributed by atoms with Crippen LogP contribution in [0.15, 0.2) is 42.6 Å². The van der Waals surface area contributed by atoms with Crippen LogP contribution in [0, 0.1) is 11.3 Å². The van der Waals surface area contributed by atoms with Gasteiger partial charge in [0, 0.05) is 11.9 Å². The van der Waals surface area contributed by atoms with Gasteiger partial charge >= 0.3 is 6.03 Å². The van der Waals surface area contributed by atoms with E-state index in [1.807, 2.05) is 31.2 Å². The zero-order chi connectivity index (χ0) is 15.2. The molecule has 0 fully saturated rings. The van der Waals surface area contributed by atoms with Crippen molar-refractivity contribution < 1.29 is 4.79 Å². The Kier molecular flexibility index (Phi) is 4.75. The van der Waals surface area contributed by atoms with Gasteiger partial charge in [-0.25, -0.2) is 4.79 Å². The Morgan fingerprint density at radius 3 is 2.81 bits per heavy atom. The van der Waals surface area contributed by atoms with E-state index in [0.717, 1.165) is 5.69 Å². The van der Waals surface area contributed by atoms with Gasteiger partial charge in [-0.05, 0) is 37.3 Å². The minimum absolute atomic E-state index is 0.222. The Morgan fingerprint density at radius 1 is 1.38 bits per heavy atom. The molecule has 1 aromatic carbocycles. The van der Waals surface area contributed by atoms with Crippen LogP contribution in [0.5, 0.6) is 0 Å². The molecular formula is C15H13ClN4O. The van der Waals surface area contributed by atoms with Crippen LogP contribution < -0.4 is 10.6 Å². The van der Waals surface area contributed by atoms with Gasteiger partial charge in [-0.2, -0.15) is 5.26 Å². The van der Waals surface area contributed by atoms with Crippen LogP contribution in [0.3, 0.4) is 0 Å². The Balaban J connectivity index is 1.99. The van der Waals surface area contributed by atoms with Gasteiger partial charge in [-0.15, -0.1) is 0 Å². The minimum Gasteiger partial charge on any atom is -0.330 e. The second-order valence-electron chi connectivity index (χ2n) is 4.38. The highest BCUT2D eigenvalue weighted by Crippen LogP contribution is 2.20. The number of nitrogens with one attached hydrogen (secondary N) is 2. The van der Waals surface area contributed by atoms with Crippen LogP contribution in [0.25, 0.3) is 0 Å². The summed E-state index contributed by atoms with van der Waals surface area (Å²) in [4.78, 5) is 16.1. The van der Waals surface area contributed by atoms with E-state index in [0.29, 0.717) is 16.3 Å². The zero-order valence-electron chi connectivity index (χ0n) is 11.3. The molecule has 2 N–H and O–H groups in total. The number of urea groups is 1. The molecule has 0 saturated carbocycles. The molecule has 0 unspecified atom stereocenters. The molecule has 6 heteroatoms. The molecule has 0 bridgehead atoms. The molecule has 1 aromatic heterocycles. The average molecular weight is 301 g/mol. The summed E-state index contributed by atoms with van der Waals surface area (Å²) in [5.41, 5.74) is 1.65. The predicted molar refractivity (Wildman–Crippen MR) is 81.0 cm³/mol. The van der Waals surface area contributed by atoms with E-state index in [1.165, 1.54) is 6.07 Å². The molecule has 1 atom stereocenters. The van der Waals surface area contributed by atoms with E-state index in [9.17, 15) is 4.79 Å². The molecule has 2 rings (SSSR count). The van der Waals surface area contributed by atoms with Crippen LogP contribution in [-0.4, -0.2) is 11.0 Å². The molecule has 2 amide bonds. The molecule has 2 aromatic rings. The number of benzene rings is 1. The molecule has 0 aliphatic rings. The van der Waals surface area contributed by atoms with E-state index in [2.05, 4.69) is 15.6 Å². The van der Waals surface area contributed by atoms with Crippen molar-refractivity contribution in [2.24, 2.45) is 0 Å². The standard InChI is InChI=1S/C15H13ClN4O/c1-10(14-4-2-3-7-18-14)19-15(21)20-12-6-5-11(9-17)13(16)8-12/h2-8,10H,1H3,(H2,19,20,21)/t10-/m1/s1. The van der Waals surface area contributed by atoms with E-state index in [1.54, 1.807) is 18.3 Å². The predicted octanol–water partition coefficient (Wildman–Crippen LogP) is 3.49. The summed E-state index contributed by atoms with van der Waals surface area (Å²) in [6.07, 6.45) is 1.67. The van der Waals surface area contributed by atoms with Crippen molar-refractivity contribution in [1.82, 2.24) is 10.3 Å². The van der Waals surface area contributed by atoms with Gasteiger partial charge < -0.3 is 10.6 Å². The summed E-state index contributed by atoms with van der Waals surface area (Å²) in [7, 11) is 0. The maximum absolute atomic E-state index is 11.9. The van der Waals surface area contributed by atoms with Crippen molar-refractivity contribution in [3.05, 3.63) is 58.9 Å². The third kappa shape index (κ3) is 3.94. The highest BCUT2D eigenvalue weighted by Gasteiger charge is 2.10. The average Bonchev–Trinajstić information content (AvgIpc) is 2.48. The molecular weight excluding hydrogens is 288 g/mol. The lowest BCUT2D eigenvalue weighted by molar-refractivity contribution is 0.249. The van der Waals surface area contributed by atoms with Gasteiger partial charge in [-0.3, -0.25) is 4.98 Å². The smallest absolute Gasteiger partial charge is 0.319 e. The fourth-order valence-electron chi connectivity index (χ4n) is 1.75. The second-order valence-corrected chi connectivity index (χ2v) is 4.79. The summed E-state index contributed by atoms with van der Waals surface area (Å²) in [6, 6.07) is 11.6. The molecule has 0 aliphatic carbocycles. The quantitative estimate of drug-likeness (QED) is 0.910. The third-order valence-electron chi connectivity index (χ3n) is 2.83. The fourth-order valence-corrected chi connectivity index (χ4v) is 1.98. The number of amides is 2. The van der Waals surface area contributed by atoms with Crippen molar-refractivity contribution in [2.75, 3.05) is 5.32 Å². The van der Waals surface area contributed by atoms with E-state index >= 15 is 0 Å². The summed E-state index contributed by atoms with van der Waals surface area (Å²) in [6.45, 7) is 1.84. The number of carbonyl (C=O) groups excluding carboxylic acids is 1. The van der Waals surface area contributed by atoms with Crippen molar-refractivity contribution in [2.45, 2.75) is 13.0 Å². The number of rotatable bonds is 3. The molecule has 5 nitrogen and oxygen atoms in total. The summed E-state index contributed by atoms with van der Waals surface area (Å²) in [5, 5.41) is 14.5. The largest absolute Gasteiger partial charge is 0.330 e. The Hall–Kier alpha value is -2.58. The van der Waals surface area contributed by atoms with E-state index < -0.39 is 0 Å². The zero-order valence-corrected chi connectivity index (χ0v) is 12.1. The molecule has 0 radical (unpaired) electrons. The highest BCUT2D eigenvalue weighted by molar-refractivity contribution is 6.32. The fraction of sp³-hybridized carbons (Fsp3) is 0.133. The van der Waals surface area contributed by atoms with Crippen LogP contribution >= 0.6 is 11.6 Å². The van der Waals surface area contributed by atoms with E-state index in [-0.39, 0.29) is 12.1 Å². The highest BCUT2D eigenvalue weighted by atomic mass is 35.5. The Morgan fingerprint density at radius 2 is 2.19 bits per heavy atom. The second kappa shape index (κ2) is 6.73. The molecule has 106 valence electrons. The first kappa shape index (κ1) is 14.8. The van der Waals surface area contributed by atoms with Crippen molar-refractivity contribution >= 4 is 23.3 Å². The van der Waals surface area contributed by atoms with Gasteiger partial charge in [0.15, 0.2) is 0 Å². The van der Waals surface area contributed by atoms with Gasteiger partial charge in [0.1, 0.15) is 6.07 Å². The first-order chi connectivity index (χ1) is 10.1. The SMILES string of the molecule is C[C@@H](NC(=O)Nc1ccc(C#N)c(Cl)c1)c1ccccn1. The Bertz CT molecular complexity index is 682. The number of carbonyl (C=O) groups is 1. The van der Waals surface area contributed by atoms with Crippen LogP contribution in [0.1, 0.15) is 24.2 Å². The van der Waals surface area contributed by atoms with Gasteiger partial charge in [0.05, 0.1) is 22.3 Å². The lowest BCUT2D eigenvalue weighted by Gasteiger charge is -2.14. The number of nitriles is 1. The van der Waals surface area contributed by atoms with Gasteiger partial charge in [-0.1, -0.05) is 17.7 Å². The minimum atomic E-state index is -0.367. The molecule has 21 heavy (non-hydrogen) atoms. The summed E-state index contributed by atoms with van der Waals surface area (Å²) < 4.78 is 0. The number of pyridine rings is 1. The van der Waals surface area contributed by atoms with Crippen molar-refractivity contribution in [3.8, 4) is 6.07 Å². The number of nitrogens with zero attached hydrogens (tertiary/aromatic N) is 2. The van der Waals surface area contributed by atoms with Crippen LogP contribution in [-0.2, 0) is 0 Å². The normalized spacial score (nSPS) is 11.3. The monoisotopic (exact) mass is 300 g/mol. The maximum atomic E-state index is 11.9. The third-order valence-corrected chi connectivity index (χ3v) is 3.14. The number of hydrogen-bond acceptors (Lipinski definition) is 3. The van der Waals surface area contributed by atoms with Crippen molar-refractivity contribution in [1.29, 1.82) is 5.26 Å². The van der Waals surface area contributed by atoms with Gasteiger partial charge in [0.2, 0.25) is 0 Å². The maximum Gasteiger partial charge on any atom is 0.319 e. The summed E-state index contributed by atoms with van der Waals surface area (Å²) >= 11 is 5.91. The van der Waals surface area contributed by atoms with Crippen LogP contribution in [0.4, 0.5) is 10.5 Å². The van der Waals surface area contributed by atoms with E-state index in [4.69, 9.17) is 16.9 Å². The first-order valence-corrected chi connectivity index (χ1v) is 6.66. The van der Waals surface area contributed by atoms with Crippen molar-refractivity contribution in [3.63, 3.8) is 0 Å². The summed E-state index contributed by atoms with van der Waals surface area (Å²) in [5.74, 6) is 0. The lowest BCUT2D eigenvalue weighted by Crippen LogP contribution is -2.31. The molecule has 0 saturated heterocycles.